The molecule has 0 amide bonds. The lowest BCUT2D eigenvalue weighted by Gasteiger charge is -2.38. The molecule has 0 spiro atoms. The first-order valence-corrected chi connectivity index (χ1v) is 14.0. The Hall–Kier alpha value is -5.41. The molecule has 0 saturated carbocycles. The Morgan fingerprint density at radius 1 is 0.310 bits per heavy atom. The molecule has 3 heteroatoms. The molecule has 0 aliphatic heterocycles. The highest BCUT2D eigenvalue weighted by Crippen LogP contribution is 2.44. The van der Waals surface area contributed by atoms with E-state index in [4.69, 9.17) is 9.47 Å². The highest BCUT2D eigenvalue weighted by Gasteiger charge is 2.46. The summed E-state index contributed by atoms with van der Waals surface area (Å²) in [5.41, 5.74) is 2.32. The molecule has 204 valence electrons. The van der Waals surface area contributed by atoms with E-state index >= 15 is 0 Å². The third kappa shape index (κ3) is 4.97. The molecular weight excluding hydrogens is 516 g/mol. The van der Waals surface area contributed by atoms with Gasteiger partial charge in [-0.1, -0.05) is 182 Å². The molecule has 0 unspecified atom stereocenters. The zero-order chi connectivity index (χ0) is 28.7. The SMILES string of the molecule is O=C(OC(c1ccccc1)(c1ccccc1)c1ccccc1)OC(c1ccccc1)(c1ccccc1)c1ccccc1. The summed E-state index contributed by atoms with van der Waals surface area (Å²) in [7, 11) is 0. The van der Waals surface area contributed by atoms with Crippen LogP contribution in [0.2, 0.25) is 0 Å². The van der Waals surface area contributed by atoms with Crippen molar-refractivity contribution in [3.05, 3.63) is 215 Å². The minimum absolute atomic E-state index is 0.803. The quantitative estimate of drug-likeness (QED) is 0.141. The largest absolute Gasteiger partial charge is 0.511 e. The fraction of sp³-hybridized carbons (Fsp3) is 0.0513. The molecule has 0 heterocycles. The molecule has 42 heavy (non-hydrogen) atoms. The van der Waals surface area contributed by atoms with Crippen LogP contribution in [-0.4, -0.2) is 6.16 Å². The molecule has 0 aliphatic carbocycles. The van der Waals surface area contributed by atoms with Crippen LogP contribution >= 0.6 is 0 Å². The second-order valence-electron chi connectivity index (χ2n) is 10.0. The first-order chi connectivity index (χ1) is 20.7. The fourth-order valence-corrected chi connectivity index (χ4v) is 5.66. The summed E-state index contributed by atoms with van der Waals surface area (Å²) in [4.78, 5) is 14.5. The third-order valence-corrected chi connectivity index (χ3v) is 7.55. The van der Waals surface area contributed by atoms with Crippen molar-refractivity contribution in [1.82, 2.24) is 0 Å². The number of carbonyl (C=O) groups excluding carboxylic acids is 1. The third-order valence-electron chi connectivity index (χ3n) is 7.55. The van der Waals surface area contributed by atoms with Gasteiger partial charge in [0.15, 0.2) is 11.2 Å². The number of rotatable bonds is 8. The predicted molar refractivity (Wildman–Crippen MR) is 166 cm³/mol. The fourth-order valence-electron chi connectivity index (χ4n) is 5.66. The molecule has 3 nitrogen and oxygen atoms in total. The van der Waals surface area contributed by atoms with Gasteiger partial charge in [-0.2, -0.15) is 0 Å². The maximum Gasteiger partial charge on any atom is 0.511 e. The van der Waals surface area contributed by atoms with Crippen molar-refractivity contribution in [1.29, 1.82) is 0 Å². The van der Waals surface area contributed by atoms with Crippen LogP contribution in [0, 0.1) is 0 Å². The standard InChI is InChI=1S/C39H30O3/c40-37(41-38(31-19-7-1-8-20-31,32-21-9-2-10-22-32)33-23-11-3-12-24-33)42-39(34-25-13-4-14-26-34,35-27-15-5-16-28-35)36-29-17-6-18-30-36/h1-30H. The lowest BCUT2D eigenvalue weighted by atomic mass is 9.79. The molecule has 0 fully saturated rings. The molecule has 0 aromatic heterocycles. The Balaban J connectivity index is 1.55. The van der Waals surface area contributed by atoms with E-state index in [0.29, 0.717) is 0 Å². The van der Waals surface area contributed by atoms with Crippen molar-refractivity contribution < 1.29 is 14.3 Å². The first kappa shape index (κ1) is 26.8. The zero-order valence-corrected chi connectivity index (χ0v) is 23.0. The van der Waals surface area contributed by atoms with E-state index in [2.05, 4.69) is 0 Å². The highest BCUT2D eigenvalue weighted by molar-refractivity contribution is 5.67. The second-order valence-corrected chi connectivity index (χ2v) is 10.0. The van der Waals surface area contributed by atoms with Crippen LogP contribution in [0.15, 0.2) is 182 Å². The molecular formula is C39H30O3. The highest BCUT2D eigenvalue weighted by atomic mass is 16.7. The molecule has 0 aliphatic rings. The van der Waals surface area contributed by atoms with Gasteiger partial charge in [0.25, 0.3) is 0 Å². The predicted octanol–water partition coefficient (Wildman–Crippen LogP) is 9.12. The summed E-state index contributed by atoms with van der Waals surface area (Å²) in [5.74, 6) is 0. The average Bonchev–Trinajstić information content (AvgIpc) is 3.08. The summed E-state index contributed by atoms with van der Waals surface area (Å²) in [6, 6.07) is 58.9. The van der Waals surface area contributed by atoms with Gasteiger partial charge in [-0.05, 0) is 0 Å². The maximum absolute atomic E-state index is 14.5. The van der Waals surface area contributed by atoms with Gasteiger partial charge in [-0.25, -0.2) is 4.79 Å². The molecule has 0 N–H and O–H groups in total. The van der Waals surface area contributed by atoms with E-state index in [1.165, 1.54) is 0 Å². The Kier molecular flexibility index (Phi) is 7.65. The molecule has 0 radical (unpaired) electrons. The first-order valence-electron chi connectivity index (χ1n) is 14.0. The van der Waals surface area contributed by atoms with Crippen LogP contribution in [0.25, 0.3) is 0 Å². The number of ether oxygens (including phenoxy) is 2. The van der Waals surface area contributed by atoms with E-state index in [1.807, 2.05) is 182 Å². The van der Waals surface area contributed by atoms with Crippen LogP contribution < -0.4 is 0 Å². The number of hydrogen-bond donors (Lipinski definition) is 0. The van der Waals surface area contributed by atoms with Crippen LogP contribution in [-0.2, 0) is 20.7 Å². The van der Waals surface area contributed by atoms with E-state index < -0.39 is 17.4 Å². The minimum Gasteiger partial charge on any atom is -0.413 e. The summed E-state index contributed by atoms with van der Waals surface area (Å²) in [6.45, 7) is 0. The van der Waals surface area contributed by atoms with Crippen LogP contribution in [0.5, 0.6) is 0 Å². The second kappa shape index (κ2) is 12.0. The Labute approximate surface area is 246 Å². The molecule has 0 bridgehead atoms. The van der Waals surface area contributed by atoms with Crippen LogP contribution in [0.4, 0.5) is 4.79 Å². The molecule has 6 aromatic rings. The van der Waals surface area contributed by atoms with Crippen molar-refractivity contribution in [2.75, 3.05) is 0 Å². The lowest BCUT2D eigenvalue weighted by molar-refractivity contribution is -0.0353. The minimum atomic E-state index is -1.27. The van der Waals surface area contributed by atoms with Crippen molar-refractivity contribution in [2.24, 2.45) is 0 Å². The van der Waals surface area contributed by atoms with Gasteiger partial charge in [0.05, 0.1) is 0 Å². The van der Waals surface area contributed by atoms with Crippen molar-refractivity contribution >= 4 is 6.16 Å². The van der Waals surface area contributed by atoms with Gasteiger partial charge in [0.2, 0.25) is 0 Å². The molecule has 0 atom stereocenters. The molecule has 0 saturated heterocycles. The Bertz CT molecular complexity index is 1380. The van der Waals surface area contributed by atoms with Gasteiger partial charge in [0, 0.05) is 33.4 Å². The van der Waals surface area contributed by atoms with Crippen LogP contribution in [0.3, 0.4) is 0 Å². The van der Waals surface area contributed by atoms with Gasteiger partial charge in [-0.3, -0.25) is 0 Å². The number of carbonyl (C=O) groups is 1. The summed E-state index contributed by atoms with van der Waals surface area (Å²) in [5, 5.41) is 0. The Morgan fingerprint density at radius 2 is 0.476 bits per heavy atom. The number of hydrogen-bond acceptors (Lipinski definition) is 3. The normalized spacial score (nSPS) is 11.4. The van der Waals surface area contributed by atoms with E-state index in [0.717, 1.165) is 33.4 Å². The monoisotopic (exact) mass is 546 g/mol. The van der Waals surface area contributed by atoms with Gasteiger partial charge >= 0.3 is 6.16 Å². The molecule has 6 rings (SSSR count). The topological polar surface area (TPSA) is 35.5 Å². The smallest absolute Gasteiger partial charge is 0.413 e. The summed E-state index contributed by atoms with van der Waals surface area (Å²) >= 11 is 0. The van der Waals surface area contributed by atoms with Crippen molar-refractivity contribution in [3.8, 4) is 0 Å². The summed E-state index contributed by atoms with van der Waals surface area (Å²) in [6.07, 6.45) is -0.803. The van der Waals surface area contributed by atoms with E-state index in [9.17, 15) is 4.79 Å². The molecule has 6 aromatic carbocycles. The van der Waals surface area contributed by atoms with Gasteiger partial charge in [0.1, 0.15) is 0 Å². The maximum atomic E-state index is 14.5. The van der Waals surface area contributed by atoms with Crippen molar-refractivity contribution in [3.63, 3.8) is 0 Å². The van der Waals surface area contributed by atoms with Crippen LogP contribution in [0.1, 0.15) is 33.4 Å². The number of benzene rings is 6. The zero-order valence-electron chi connectivity index (χ0n) is 23.0. The Morgan fingerprint density at radius 3 is 0.643 bits per heavy atom. The van der Waals surface area contributed by atoms with Crippen molar-refractivity contribution in [2.45, 2.75) is 11.2 Å². The van der Waals surface area contributed by atoms with Gasteiger partial charge < -0.3 is 9.47 Å². The van der Waals surface area contributed by atoms with E-state index in [-0.39, 0.29) is 0 Å². The van der Waals surface area contributed by atoms with Gasteiger partial charge in [-0.15, -0.1) is 0 Å². The average molecular weight is 547 g/mol. The summed E-state index contributed by atoms with van der Waals surface area (Å²) < 4.78 is 13.3. The lowest BCUT2D eigenvalue weighted by Crippen LogP contribution is -2.40. The van der Waals surface area contributed by atoms with E-state index in [1.54, 1.807) is 0 Å².